The molecule has 0 heterocycles. The summed E-state index contributed by atoms with van der Waals surface area (Å²) in [4.78, 5) is 12.0. The molecule has 0 fully saturated rings. The number of anilines is 1. The fraction of sp³-hybridized carbons (Fsp3) is 0.133. The molecule has 0 aliphatic carbocycles. The molecule has 0 radical (unpaired) electrons. The van der Waals surface area contributed by atoms with Crippen LogP contribution in [0.25, 0.3) is 0 Å². The maximum Gasteiger partial charge on any atom is 0.251 e. The lowest BCUT2D eigenvalue weighted by Crippen LogP contribution is -2.23. The zero-order valence-electron chi connectivity index (χ0n) is 11.0. The van der Waals surface area contributed by atoms with E-state index >= 15 is 0 Å². The molecule has 2 aromatic rings. The summed E-state index contributed by atoms with van der Waals surface area (Å²) >= 11 is 0. The first kappa shape index (κ1) is 13.9. The van der Waals surface area contributed by atoms with Gasteiger partial charge in [-0.05, 0) is 42.8 Å². The molecule has 2 rings (SSSR count). The molecule has 1 amide bonds. The standard InChI is InChI=1S/C15H15FN2O2/c1-9-2-3-11(16)7-13(9)15(20)18-8-10-6-12(17)4-5-14(10)19/h2-7,19H,8,17H2,1H3,(H,18,20). The fourth-order valence-electron chi connectivity index (χ4n) is 1.86. The largest absolute Gasteiger partial charge is 0.508 e. The van der Waals surface area contributed by atoms with Crippen LogP contribution in [0, 0.1) is 12.7 Å². The Labute approximate surface area is 116 Å². The Bertz CT molecular complexity index is 656. The average molecular weight is 274 g/mol. The van der Waals surface area contributed by atoms with Crippen LogP contribution < -0.4 is 11.1 Å². The summed E-state index contributed by atoms with van der Waals surface area (Å²) in [6, 6.07) is 8.64. The molecule has 0 aliphatic rings. The molecule has 0 aromatic heterocycles. The summed E-state index contributed by atoms with van der Waals surface area (Å²) in [7, 11) is 0. The number of halogens is 1. The van der Waals surface area contributed by atoms with E-state index in [0.717, 1.165) is 0 Å². The molecule has 0 bridgehead atoms. The number of phenols is 1. The van der Waals surface area contributed by atoms with Gasteiger partial charge in [-0.15, -0.1) is 0 Å². The van der Waals surface area contributed by atoms with Crippen LogP contribution in [0.1, 0.15) is 21.5 Å². The maximum atomic E-state index is 13.2. The Balaban J connectivity index is 2.12. The Kier molecular flexibility index (Phi) is 3.89. The molecule has 104 valence electrons. The highest BCUT2D eigenvalue weighted by molar-refractivity contribution is 5.95. The summed E-state index contributed by atoms with van der Waals surface area (Å²) in [6.07, 6.45) is 0. The van der Waals surface area contributed by atoms with Gasteiger partial charge in [0.1, 0.15) is 11.6 Å². The predicted molar refractivity (Wildman–Crippen MR) is 74.8 cm³/mol. The molecule has 0 atom stereocenters. The van der Waals surface area contributed by atoms with Crippen LogP contribution >= 0.6 is 0 Å². The molecule has 20 heavy (non-hydrogen) atoms. The Morgan fingerprint density at radius 2 is 2.05 bits per heavy atom. The van der Waals surface area contributed by atoms with Crippen LogP contribution in [-0.4, -0.2) is 11.0 Å². The van der Waals surface area contributed by atoms with Gasteiger partial charge in [-0.3, -0.25) is 4.79 Å². The van der Waals surface area contributed by atoms with E-state index in [0.29, 0.717) is 16.8 Å². The molecule has 0 aliphatic heterocycles. The topological polar surface area (TPSA) is 75.4 Å². The Hall–Kier alpha value is -2.56. The van der Waals surface area contributed by atoms with E-state index in [-0.39, 0.29) is 17.9 Å². The summed E-state index contributed by atoms with van der Waals surface area (Å²) in [6.45, 7) is 1.85. The number of carbonyl (C=O) groups excluding carboxylic acids is 1. The van der Waals surface area contributed by atoms with Gasteiger partial charge in [0.05, 0.1) is 0 Å². The number of phenolic OH excluding ortho intramolecular Hbond substituents is 1. The minimum absolute atomic E-state index is 0.0514. The maximum absolute atomic E-state index is 13.2. The Morgan fingerprint density at radius 3 is 2.80 bits per heavy atom. The number of hydrogen-bond donors (Lipinski definition) is 3. The zero-order chi connectivity index (χ0) is 14.7. The molecule has 0 spiro atoms. The number of nitrogens with two attached hydrogens (primary N) is 1. The van der Waals surface area contributed by atoms with Gasteiger partial charge in [0.15, 0.2) is 0 Å². The monoisotopic (exact) mass is 274 g/mol. The van der Waals surface area contributed by atoms with Crippen molar-refractivity contribution in [3.63, 3.8) is 0 Å². The molecule has 4 N–H and O–H groups in total. The van der Waals surface area contributed by atoms with E-state index in [9.17, 15) is 14.3 Å². The summed E-state index contributed by atoms with van der Waals surface area (Å²) < 4.78 is 13.2. The number of nitrogen functional groups attached to an aromatic ring is 1. The van der Waals surface area contributed by atoms with Crippen molar-refractivity contribution in [2.45, 2.75) is 13.5 Å². The molecule has 0 unspecified atom stereocenters. The number of benzene rings is 2. The van der Waals surface area contributed by atoms with Crippen LogP contribution in [0.2, 0.25) is 0 Å². The minimum Gasteiger partial charge on any atom is -0.508 e. The molecular weight excluding hydrogens is 259 g/mol. The van der Waals surface area contributed by atoms with Crippen LogP contribution in [0.3, 0.4) is 0 Å². The quantitative estimate of drug-likeness (QED) is 0.594. The molecule has 0 saturated carbocycles. The number of carbonyl (C=O) groups is 1. The first-order valence-electron chi connectivity index (χ1n) is 6.09. The summed E-state index contributed by atoms with van der Waals surface area (Å²) in [5.41, 5.74) is 7.57. The van der Waals surface area contributed by atoms with E-state index in [1.807, 2.05) is 0 Å². The van der Waals surface area contributed by atoms with Crippen molar-refractivity contribution in [1.82, 2.24) is 5.32 Å². The van der Waals surface area contributed by atoms with Crippen LogP contribution in [0.4, 0.5) is 10.1 Å². The van der Waals surface area contributed by atoms with Crippen LogP contribution in [-0.2, 0) is 6.54 Å². The van der Waals surface area contributed by atoms with Crippen molar-refractivity contribution in [2.24, 2.45) is 0 Å². The molecule has 4 nitrogen and oxygen atoms in total. The van der Waals surface area contributed by atoms with E-state index in [2.05, 4.69) is 5.32 Å². The van der Waals surface area contributed by atoms with E-state index < -0.39 is 11.7 Å². The minimum atomic E-state index is -0.465. The number of aromatic hydroxyl groups is 1. The van der Waals surface area contributed by atoms with Gasteiger partial charge in [0, 0.05) is 23.4 Å². The first-order valence-corrected chi connectivity index (χ1v) is 6.09. The van der Waals surface area contributed by atoms with E-state index in [1.165, 1.54) is 18.2 Å². The van der Waals surface area contributed by atoms with Gasteiger partial charge in [0.2, 0.25) is 0 Å². The van der Waals surface area contributed by atoms with Crippen molar-refractivity contribution in [3.05, 3.63) is 58.9 Å². The number of amides is 1. The number of nitrogens with one attached hydrogen (secondary N) is 1. The van der Waals surface area contributed by atoms with Gasteiger partial charge >= 0.3 is 0 Å². The number of aryl methyl sites for hydroxylation is 1. The second kappa shape index (κ2) is 5.61. The summed E-state index contributed by atoms with van der Waals surface area (Å²) in [5, 5.41) is 12.3. The van der Waals surface area contributed by atoms with E-state index in [4.69, 9.17) is 5.73 Å². The lowest BCUT2D eigenvalue weighted by molar-refractivity contribution is 0.0949. The third-order valence-corrected chi connectivity index (χ3v) is 2.99. The molecular formula is C15H15FN2O2. The highest BCUT2D eigenvalue weighted by Crippen LogP contribution is 2.19. The van der Waals surface area contributed by atoms with Crippen molar-refractivity contribution in [3.8, 4) is 5.75 Å². The second-order valence-corrected chi connectivity index (χ2v) is 4.53. The van der Waals surface area contributed by atoms with E-state index in [1.54, 1.807) is 25.1 Å². The SMILES string of the molecule is Cc1ccc(F)cc1C(=O)NCc1cc(N)ccc1O. The predicted octanol–water partition coefficient (Wildman–Crippen LogP) is 2.35. The molecule has 2 aromatic carbocycles. The third-order valence-electron chi connectivity index (χ3n) is 2.99. The van der Waals surface area contributed by atoms with Gasteiger partial charge in [0.25, 0.3) is 5.91 Å². The van der Waals surface area contributed by atoms with Gasteiger partial charge in [-0.1, -0.05) is 6.07 Å². The lowest BCUT2D eigenvalue weighted by Gasteiger charge is -2.09. The first-order chi connectivity index (χ1) is 9.47. The summed E-state index contributed by atoms with van der Waals surface area (Å²) in [5.74, 6) is -0.813. The smallest absolute Gasteiger partial charge is 0.251 e. The fourth-order valence-corrected chi connectivity index (χ4v) is 1.86. The highest BCUT2D eigenvalue weighted by atomic mass is 19.1. The van der Waals surface area contributed by atoms with Gasteiger partial charge in [-0.25, -0.2) is 4.39 Å². The molecule has 0 saturated heterocycles. The van der Waals surface area contributed by atoms with Crippen LogP contribution in [0.5, 0.6) is 5.75 Å². The van der Waals surface area contributed by atoms with Gasteiger partial charge in [-0.2, -0.15) is 0 Å². The average Bonchev–Trinajstić information content (AvgIpc) is 2.42. The second-order valence-electron chi connectivity index (χ2n) is 4.53. The van der Waals surface area contributed by atoms with Gasteiger partial charge < -0.3 is 16.2 Å². The number of rotatable bonds is 3. The zero-order valence-corrected chi connectivity index (χ0v) is 11.0. The highest BCUT2D eigenvalue weighted by Gasteiger charge is 2.11. The van der Waals surface area contributed by atoms with Crippen molar-refractivity contribution in [1.29, 1.82) is 0 Å². The Morgan fingerprint density at radius 1 is 1.30 bits per heavy atom. The molecule has 5 heteroatoms. The van der Waals surface area contributed by atoms with Crippen molar-refractivity contribution < 1.29 is 14.3 Å². The van der Waals surface area contributed by atoms with Crippen LogP contribution in [0.15, 0.2) is 36.4 Å². The third kappa shape index (κ3) is 3.06. The van der Waals surface area contributed by atoms with Crippen molar-refractivity contribution in [2.75, 3.05) is 5.73 Å². The lowest BCUT2D eigenvalue weighted by atomic mass is 10.1. The normalized spacial score (nSPS) is 10.3. The van der Waals surface area contributed by atoms with Crippen molar-refractivity contribution >= 4 is 11.6 Å². The number of hydrogen-bond acceptors (Lipinski definition) is 3.